The van der Waals surface area contributed by atoms with Gasteiger partial charge < -0.3 is 14.7 Å². The molecule has 3 nitrogen and oxygen atoms in total. The Labute approximate surface area is 529 Å². The number of hydrogen-bond donors (Lipinski definition) is 0. The highest BCUT2D eigenvalue weighted by molar-refractivity contribution is 7.00. The number of nitrogens with zero attached hydrogens (tertiary/aromatic N) is 3. The summed E-state index contributed by atoms with van der Waals surface area (Å²) in [6.45, 7) is 45.0. The van der Waals surface area contributed by atoms with E-state index in [1.807, 2.05) is 0 Å². The monoisotopic (exact) mass is 1160 g/mol. The summed E-state index contributed by atoms with van der Waals surface area (Å²) in [5.74, 6) is 0. The summed E-state index contributed by atoms with van der Waals surface area (Å²) in [6, 6.07) is 59.3. The van der Waals surface area contributed by atoms with Gasteiger partial charge in [0.1, 0.15) is 0 Å². The fourth-order valence-electron chi connectivity index (χ4n) is 19.1. The quantitative estimate of drug-likeness (QED) is 0.159. The molecule has 88 heavy (non-hydrogen) atoms. The first-order valence-corrected chi connectivity index (χ1v) is 33.9. The Morgan fingerprint density at radius 2 is 0.841 bits per heavy atom. The molecule has 8 aromatic rings. The summed E-state index contributed by atoms with van der Waals surface area (Å²) in [6.07, 6.45) is 10.5. The van der Waals surface area contributed by atoms with E-state index in [2.05, 4.69) is 285 Å². The Balaban J connectivity index is 1.12. The highest BCUT2D eigenvalue weighted by Crippen LogP contribution is 2.64. The fraction of sp³-hybridized carbons (Fsp3) is 0.429. The minimum Gasteiger partial charge on any atom is -0.334 e. The van der Waals surface area contributed by atoms with Crippen LogP contribution in [0.4, 0.5) is 45.5 Å². The van der Waals surface area contributed by atoms with E-state index in [0.29, 0.717) is 0 Å². The average Bonchev–Trinajstić information content (AvgIpc) is 1.09. The van der Waals surface area contributed by atoms with E-state index in [1.165, 1.54) is 153 Å². The Kier molecular flexibility index (Phi) is 12.2. The lowest BCUT2D eigenvalue weighted by Crippen LogP contribution is -2.62. The van der Waals surface area contributed by atoms with Crippen LogP contribution in [0.15, 0.2) is 146 Å². The zero-order chi connectivity index (χ0) is 62.0. The van der Waals surface area contributed by atoms with E-state index in [4.69, 9.17) is 0 Å². The average molecular weight is 1160 g/mol. The molecule has 3 heterocycles. The molecule has 8 aromatic carbocycles. The Hall–Kier alpha value is -6.78. The zero-order valence-electron chi connectivity index (χ0n) is 56.6. The number of hydrogen-bond acceptors (Lipinski definition) is 3. The van der Waals surface area contributed by atoms with E-state index >= 15 is 0 Å². The van der Waals surface area contributed by atoms with E-state index in [9.17, 15) is 0 Å². The van der Waals surface area contributed by atoms with Crippen LogP contribution in [-0.4, -0.2) is 12.3 Å². The Bertz CT molecular complexity index is 4240. The molecule has 450 valence electrons. The summed E-state index contributed by atoms with van der Waals surface area (Å²) in [5.41, 5.74) is 32.8. The summed E-state index contributed by atoms with van der Waals surface area (Å²) in [5, 5.41) is 0. The molecule has 0 bridgehead atoms. The molecule has 0 radical (unpaired) electrons. The van der Waals surface area contributed by atoms with Crippen molar-refractivity contribution in [2.45, 2.75) is 231 Å². The molecule has 1 saturated carbocycles. The molecule has 0 saturated heterocycles. The molecule has 1 fully saturated rings. The topological polar surface area (TPSA) is 9.72 Å². The smallest absolute Gasteiger partial charge is 0.252 e. The van der Waals surface area contributed by atoms with Crippen LogP contribution in [0.2, 0.25) is 0 Å². The van der Waals surface area contributed by atoms with Gasteiger partial charge in [-0.2, -0.15) is 0 Å². The first-order valence-electron chi connectivity index (χ1n) is 33.9. The van der Waals surface area contributed by atoms with Crippen molar-refractivity contribution in [3.8, 4) is 22.3 Å². The van der Waals surface area contributed by atoms with Crippen LogP contribution >= 0.6 is 0 Å². The van der Waals surface area contributed by atoms with Gasteiger partial charge in [0.2, 0.25) is 0 Å². The van der Waals surface area contributed by atoms with Gasteiger partial charge in [0.25, 0.3) is 6.71 Å². The molecule has 0 aromatic heterocycles. The van der Waals surface area contributed by atoms with Crippen molar-refractivity contribution in [3.05, 3.63) is 196 Å². The molecule has 0 amide bonds. The van der Waals surface area contributed by atoms with Gasteiger partial charge in [-0.25, -0.2) is 0 Å². The molecular formula is C84H96BN3. The maximum atomic E-state index is 2.89. The molecule has 4 aliphatic carbocycles. The first kappa shape index (κ1) is 57.7. The lowest BCUT2D eigenvalue weighted by atomic mass is 9.33. The van der Waals surface area contributed by atoms with E-state index in [-0.39, 0.29) is 55.6 Å². The van der Waals surface area contributed by atoms with Gasteiger partial charge in [0, 0.05) is 50.8 Å². The van der Waals surface area contributed by atoms with Crippen LogP contribution in [0.1, 0.15) is 226 Å². The maximum Gasteiger partial charge on any atom is 0.252 e. The summed E-state index contributed by atoms with van der Waals surface area (Å²) in [4.78, 5) is 8.55. The second-order valence-corrected chi connectivity index (χ2v) is 34.2. The highest BCUT2D eigenvalue weighted by atomic mass is 15.3. The maximum absolute atomic E-state index is 2.89. The lowest BCUT2D eigenvalue weighted by molar-refractivity contribution is 0.195. The van der Waals surface area contributed by atoms with Crippen molar-refractivity contribution in [1.82, 2.24) is 0 Å². The minimum absolute atomic E-state index is 0.00158. The number of anilines is 8. The van der Waals surface area contributed by atoms with Gasteiger partial charge in [0.15, 0.2) is 0 Å². The standard InChI is InChI=1S/C84H96BN3/c1-52-41-59-62(79(9,10)39-37-77(59,5)6)48-70(52)87-72-49-63-60(78(7,8)38-40-80(63,11)12)46-66(72)85-67-47-61-64(82(15,16)51-81(61,13)14)50-71(67)86(68-34-32-56(76(2,3)4)43-58(68)54-29-23-20-24-30-54)73-44-57(45-74(87)75(73)85)88-69-33-31-55(53-27-21-19-22-28-53)42-65(69)83(17)35-25-26-36-84(83,88)18/h19-24,27-34,41-50H,25-26,35-40,51H2,1-18H3. The normalized spacial score (nSPS) is 23.2. The molecule has 15 rings (SSSR count). The fourth-order valence-corrected chi connectivity index (χ4v) is 19.1. The molecule has 2 atom stereocenters. The van der Waals surface area contributed by atoms with Crippen molar-refractivity contribution < 1.29 is 0 Å². The van der Waals surface area contributed by atoms with Crippen molar-refractivity contribution in [3.63, 3.8) is 0 Å². The molecular weight excluding hydrogens is 1060 g/mol. The number of aryl methyl sites for hydroxylation is 1. The second kappa shape index (κ2) is 18.7. The largest absolute Gasteiger partial charge is 0.334 e. The van der Waals surface area contributed by atoms with Gasteiger partial charge in [-0.3, -0.25) is 0 Å². The SMILES string of the molecule is Cc1cc2c(cc1N1c3cc4c(cc3B3c5cc6c(cc5N(c5ccc(C(C)(C)C)cc5-c5ccccc5)c5cc(N7c8ccc(-c9ccccc9)cc8C8(C)CCCCC78C)cc1c53)C(C)(C)CC6(C)C)C(C)(C)CCC4(C)C)C(C)(C)CCC2(C)C. The van der Waals surface area contributed by atoms with Crippen LogP contribution in [0.25, 0.3) is 22.3 Å². The third-order valence-electron chi connectivity index (χ3n) is 24.6. The van der Waals surface area contributed by atoms with Crippen molar-refractivity contribution in [2.75, 3.05) is 14.7 Å². The Morgan fingerprint density at radius 3 is 1.40 bits per heavy atom. The predicted molar refractivity (Wildman–Crippen MR) is 379 cm³/mol. The van der Waals surface area contributed by atoms with Crippen LogP contribution in [0.5, 0.6) is 0 Å². The summed E-state index contributed by atoms with van der Waals surface area (Å²) >= 11 is 0. The van der Waals surface area contributed by atoms with Crippen LogP contribution in [-0.2, 0) is 43.3 Å². The van der Waals surface area contributed by atoms with E-state index < -0.39 is 0 Å². The van der Waals surface area contributed by atoms with Crippen molar-refractivity contribution in [1.29, 1.82) is 0 Å². The van der Waals surface area contributed by atoms with Crippen molar-refractivity contribution >= 4 is 68.6 Å². The van der Waals surface area contributed by atoms with Crippen LogP contribution in [0.3, 0.4) is 0 Å². The lowest BCUT2D eigenvalue weighted by Gasteiger charge is -2.51. The van der Waals surface area contributed by atoms with Gasteiger partial charge in [-0.1, -0.05) is 215 Å². The zero-order valence-corrected chi connectivity index (χ0v) is 56.6. The van der Waals surface area contributed by atoms with Gasteiger partial charge in [-0.05, 0) is 234 Å². The van der Waals surface area contributed by atoms with Gasteiger partial charge >= 0.3 is 0 Å². The number of fused-ring (bicyclic) bond motifs is 10. The van der Waals surface area contributed by atoms with Crippen LogP contribution < -0.4 is 31.1 Å². The molecule has 0 N–H and O–H groups in total. The van der Waals surface area contributed by atoms with Crippen molar-refractivity contribution in [2.24, 2.45) is 0 Å². The molecule has 4 heteroatoms. The van der Waals surface area contributed by atoms with E-state index in [0.717, 1.165) is 38.5 Å². The van der Waals surface area contributed by atoms with E-state index in [1.54, 1.807) is 0 Å². The van der Waals surface area contributed by atoms with Gasteiger partial charge in [0.05, 0.1) is 11.2 Å². The summed E-state index contributed by atoms with van der Waals surface area (Å²) < 4.78 is 0. The molecule has 2 unspecified atom stereocenters. The molecule has 0 spiro atoms. The first-order chi connectivity index (χ1) is 41.4. The predicted octanol–water partition coefficient (Wildman–Crippen LogP) is 21.1. The molecule has 7 aliphatic rings. The molecule has 3 aliphatic heterocycles. The number of rotatable bonds is 5. The highest BCUT2D eigenvalue weighted by Gasteiger charge is 2.59. The van der Waals surface area contributed by atoms with Crippen LogP contribution in [0, 0.1) is 6.92 Å². The summed E-state index contributed by atoms with van der Waals surface area (Å²) in [7, 11) is 0. The number of benzene rings is 8. The third kappa shape index (κ3) is 8.19. The minimum atomic E-state index is -0.204. The van der Waals surface area contributed by atoms with Gasteiger partial charge in [-0.15, -0.1) is 0 Å². The Morgan fingerprint density at radius 1 is 0.375 bits per heavy atom. The second-order valence-electron chi connectivity index (χ2n) is 34.2. The third-order valence-corrected chi connectivity index (χ3v) is 24.6.